The lowest BCUT2D eigenvalue weighted by atomic mass is 10.1. The predicted molar refractivity (Wildman–Crippen MR) is 83.6 cm³/mol. The summed E-state index contributed by atoms with van der Waals surface area (Å²) in [5, 5.41) is 8.68. The molecule has 1 aromatic rings. The third-order valence-corrected chi connectivity index (χ3v) is 4.89. The summed E-state index contributed by atoms with van der Waals surface area (Å²) in [5.74, 6) is -1.48. The van der Waals surface area contributed by atoms with Crippen molar-refractivity contribution in [1.29, 1.82) is 5.26 Å². The first-order valence-corrected chi connectivity index (χ1v) is 8.54. The van der Waals surface area contributed by atoms with Crippen molar-refractivity contribution in [1.82, 2.24) is 9.62 Å². The van der Waals surface area contributed by atoms with Gasteiger partial charge in [0.1, 0.15) is 5.82 Å². The summed E-state index contributed by atoms with van der Waals surface area (Å²) < 4.78 is 40.6. The second-order valence-corrected chi connectivity index (χ2v) is 7.26. The number of nitrogens with zero attached hydrogens (tertiary/aromatic N) is 2. The molecule has 23 heavy (non-hydrogen) atoms. The monoisotopic (exact) mass is 341 g/mol. The average Bonchev–Trinajstić information content (AvgIpc) is 2.44. The highest BCUT2D eigenvalue weighted by atomic mass is 32.2. The number of rotatable bonds is 6. The molecular weight excluding hydrogens is 321 g/mol. The highest BCUT2D eigenvalue weighted by molar-refractivity contribution is 7.89. The Morgan fingerprint density at radius 1 is 1.39 bits per heavy atom. The van der Waals surface area contributed by atoms with Crippen molar-refractivity contribution in [3.63, 3.8) is 0 Å². The van der Waals surface area contributed by atoms with Gasteiger partial charge in [-0.05, 0) is 39.0 Å². The molecule has 0 saturated carbocycles. The lowest BCUT2D eigenvalue weighted by Crippen LogP contribution is -2.35. The Hall–Kier alpha value is -1.98. The standard InChI is InChI=1S/C15H20FN3O3S/c1-10(2)18-23(21,22)12-5-6-14(16)13(9-12)15(20)19(4)11(3)7-8-17/h5-6,9-11,18H,7H2,1-4H3. The Bertz CT molecular complexity index is 726. The normalized spacial score (nSPS) is 12.7. The van der Waals surface area contributed by atoms with E-state index in [1.807, 2.05) is 6.07 Å². The number of nitrogens with one attached hydrogen (secondary N) is 1. The SMILES string of the molecule is CC(C)NS(=O)(=O)c1ccc(F)c(C(=O)N(C)C(C)CC#N)c1. The topological polar surface area (TPSA) is 90.3 Å². The van der Waals surface area contributed by atoms with Crippen molar-refractivity contribution in [3.8, 4) is 6.07 Å². The molecule has 0 saturated heterocycles. The fourth-order valence-electron chi connectivity index (χ4n) is 1.87. The van der Waals surface area contributed by atoms with Gasteiger partial charge in [-0.25, -0.2) is 17.5 Å². The zero-order chi connectivity index (χ0) is 17.8. The molecule has 1 rings (SSSR count). The van der Waals surface area contributed by atoms with Crippen LogP contribution in [0.1, 0.15) is 37.6 Å². The van der Waals surface area contributed by atoms with Gasteiger partial charge in [0.15, 0.2) is 0 Å². The molecule has 0 heterocycles. The van der Waals surface area contributed by atoms with E-state index < -0.39 is 27.8 Å². The Kier molecular flexibility index (Phi) is 6.24. The number of benzene rings is 1. The number of carbonyl (C=O) groups is 1. The summed E-state index contributed by atoms with van der Waals surface area (Å²) in [4.78, 5) is 13.4. The molecule has 0 aromatic heterocycles. The molecule has 8 heteroatoms. The zero-order valence-electron chi connectivity index (χ0n) is 13.5. The molecule has 126 valence electrons. The molecule has 0 aliphatic carbocycles. The van der Waals surface area contributed by atoms with Crippen LogP contribution in [0.2, 0.25) is 0 Å². The quantitative estimate of drug-likeness (QED) is 0.855. The second-order valence-electron chi connectivity index (χ2n) is 5.54. The van der Waals surface area contributed by atoms with Crippen molar-refractivity contribution in [3.05, 3.63) is 29.6 Å². The third kappa shape index (κ3) is 4.74. The predicted octanol–water partition coefficient (Wildman–Crippen LogP) is 1.89. The van der Waals surface area contributed by atoms with Crippen molar-refractivity contribution in [2.45, 2.75) is 44.2 Å². The Morgan fingerprint density at radius 2 is 2.00 bits per heavy atom. The molecule has 0 aliphatic heterocycles. The lowest BCUT2D eigenvalue weighted by Gasteiger charge is -2.23. The minimum Gasteiger partial charge on any atom is -0.338 e. The fraction of sp³-hybridized carbons (Fsp3) is 0.467. The van der Waals surface area contributed by atoms with Crippen LogP contribution in [-0.4, -0.2) is 38.4 Å². The van der Waals surface area contributed by atoms with E-state index in [0.29, 0.717) is 0 Å². The van der Waals surface area contributed by atoms with Crippen LogP contribution in [0.5, 0.6) is 0 Å². The first kappa shape index (κ1) is 19.1. The molecule has 0 fully saturated rings. The lowest BCUT2D eigenvalue weighted by molar-refractivity contribution is 0.0741. The van der Waals surface area contributed by atoms with Crippen LogP contribution in [0.25, 0.3) is 0 Å². The van der Waals surface area contributed by atoms with E-state index in [9.17, 15) is 17.6 Å². The Labute approximate surface area is 136 Å². The second kappa shape index (κ2) is 7.53. The summed E-state index contributed by atoms with van der Waals surface area (Å²) in [6.07, 6.45) is 0.0940. The van der Waals surface area contributed by atoms with Gasteiger partial charge in [-0.2, -0.15) is 5.26 Å². The summed E-state index contributed by atoms with van der Waals surface area (Å²) in [6, 6.07) is 4.25. The molecular formula is C15H20FN3O3S. The maximum absolute atomic E-state index is 14.0. The Balaban J connectivity index is 3.21. The molecule has 0 spiro atoms. The maximum atomic E-state index is 14.0. The van der Waals surface area contributed by atoms with E-state index in [0.717, 1.165) is 18.2 Å². The molecule has 1 aromatic carbocycles. The van der Waals surface area contributed by atoms with E-state index in [1.54, 1.807) is 20.8 Å². The van der Waals surface area contributed by atoms with E-state index >= 15 is 0 Å². The minimum atomic E-state index is -3.83. The Morgan fingerprint density at radius 3 is 2.52 bits per heavy atom. The number of carbonyl (C=O) groups excluding carboxylic acids is 1. The van der Waals surface area contributed by atoms with Crippen molar-refractivity contribution >= 4 is 15.9 Å². The van der Waals surface area contributed by atoms with E-state index in [2.05, 4.69) is 4.72 Å². The molecule has 1 N–H and O–H groups in total. The van der Waals surface area contributed by atoms with E-state index in [-0.39, 0.29) is 22.9 Å². The van der Waals surface area contributed by atoms with E-state index in [4.69, 9.17) is 5.26 Å². The average molecular weight is 341 g/mol. The molecule has 0 aliphatic rings. The zero-order valence-corrected chi connectivity index (χ0v) is 14.3. The van der Waals surface area contributed by atoms with Crippen molar-refractivity contribution in [2.24, 2.45) is 0 Å². The minimum absolute atomic E-state index is 0.0940. The van der Waals surface area contributed by atoms with Crippen LogP contribution < -0.4 is 4.72 Å². The number of hydrogen-bond donors (Lipinski definition) is 1. The van der Waals surface area contributed by atoms with E-state index in [1.165, 1.54) is 11.9 Å². The smallest absolute Gasteiger partial charge is 0.256 e. The summed E-state index contributed by atoms with van der Waals surface area (Å²) in [5.41, 5.74) is -0.344. The van der Waals surface area contributed by atoms with Gasteiger partial charge in [-0.1, -0.05) is 0 Å². The van der Waals surface area contributed by atoms with Gasteiger partial charge in [0.25, 0.3) is 5.91 Å². The van der Waals surface area contributed by atoms with Crippen LogP contribution in [0, 0.1) is 17.1 Å². The fourth-order valence-corrected chi connectivity index (χ4v) is 3.15. The molecule has 1 amide bonds. The van der Waals surface area contributed by atoms with Crippen molar-refractivity contribution < 1.29 is 17.6 Å². The highest BCUT2D eigenvalue weighted by Gasteiger charge is 2.24. The first-order valence-electron chi connectivity index (χ1n) is 7.06. The van der Waals surface area contributed by atoms with Gasteiger partial charge in [-0.15, -0.1) is 0 Å². The molecule has 0 radical (unpaired) electrons. The number of nitriles is 1. The van der Waals surface area contributed by atoms with Crippen LogP contribution in [0.15, 0.2) is 23.1 Å². The van der Waals surface area contributed by atoms with Gasteiger partial charge in [-0.3, -0.25) is 4.79 Å². The number of amides is 1. The number of hydrogen-bond acceptors (Lipinski definition) is 4. The van der Waals surface area contributed by atoms with Gasteiger partial charge < -0.3 is 4.90 Å². The van der Waals surface area contributed by atoms with Crippen LogP contribution >= 0.6 is 0 Å². The van der Waals surface area contributed by atoms with Gasteiger partial charge in [0.2, 0.25) is 10.0 Å². The highest BCUT2D eigenvalue weighted by Crippen LogP contribution is 2.18. The molecule has 1 atom stereocenters. The van der Waals surface area contributed by atoms with Gasteiger partial charge in [0, 0.05) is 19.1 Å². The maximum Gasteiger partial charge on any atom is 0.256 e. The van der Waals surface area contributed by atoms with Crippen LogP contribution in [0.3, 0.4) is 0 Å². The largest absolute Gasteiger partial charge is 0.338 e. The van der Waals surface area contributed by atoms with Gasteiger partial charge in [0.05, 0.1) is 22.9 Å². The number of halogens is 1. The van der Waals surface area contributed by atoms with Crippen molar-refractivity contribution in [2.75, 3.05) is 7.05 Å². The third-order valence-electron chi connectivity index (χ3n) is 3.24. The summed E-state index contributed by atoms with van der Waals surface area (Å²) in [6.45, 7) is 4.97. The first-order chi connectivity index (χ1) is 10.6. The van der Waals surface area contributed by atoms with Crippen LogP contribution in [0.4, 0.5) is 4.39 Å². The summed E-state index contributed by atoms with van der Waals surface area (Å²) >= 11 is 0. The number of sulfonamides is 1. The summed E-state index contributed by atoms with van der Waals surface area (Å²) in [7, 11) is -2.39. The van der Waals surface area contributed by atoms with Gasteiger partial charge >= 0.3 is 0 Å². The molecule has 1 unspecified atom stereocenters. The molecule has 6 nitrogen and oxygen atoms in total. The van der Waals surface area contributed by atoms with Crippen LogP contribution in [-0.2, 0) is 10.0 Å². The molecule has 0 bridgehead atoms.